The van der Waals surface area contributed by atoms with Gasteiger partial charge in [-0.15, -0.1) is 0 Å². The van der Waals surface area contributed by atoms with Gasteiger partial charge in [0.25, 0.3) is 0 Å². The van der Waals surface area contributed by atoms with Gasteiger partial charge in [-0.3, -0.25) is 19.4 Å². The van der Waals surface area contributed by atoms with Crippen LogP contribution < -0.4 is 5.32 Å². The predicted molar refractivity (Wildman–Crippen MR) is 123 cm³/mol. The Morgan fingerprint density at radius 2 is 1.91 bits per heavy atom. The summed E-state index contributed by atoms with van der Waals surface area (Å²) in [5, 5.41) is 8.46. The van der Waals surface area contributed by atoms with Crippen molar-refractivity contribution in [2.45, 2.75) is 38.6 Å². The number of amides is 1. The standard InChI is InChI=1S/C24H30N6O2/c1-29-22(16-30-7-3-2-4-8-30)20(14-27-29)19-11-18-12-23(26-15-21(18)25-13-19)28-24(31)17-5-9-32-10-6-17/h11-15,17H,2-10,16H2,1H3,(H,26,28,31). The van der Waals surface area contributed by atoms with Gasteiger partial charge in [-0.2, -0.15) is 5.10 Å². The van der Waals surface area contributed by atoms with Crippen molar-refractivity contribution in [1.82, 2.24) is 24.6 Å². The molecule has 0 bridgehead atoms. The molecule has 32 heavy (non-hydrogen) atoms. The summed E-state index contributed by atoms with van der Waals surface area (Å²) < 4.78 is 7.33. The van der Waals surface area contributed by atoms with Crippen molar-refractivity contribution in [3.63, 3.8) is 0 Å². The second-order valence-electron chi connectivity index (χ2n) is 8.83. The molecule has 0 saturated carbocycles. The highest BCUT2D eigenvalue weighted by Gasteiger charge is 2.22. The Balaban J connectivity index is 1.39. The lowest BCUT2D eigenvalue weighted by molar-refractivity contribution is -0.122. The van der Waals surface area contributed by atoms with Crippen molar-refractivity contribution in [2.24, 2.45) is 13.0 Å². The maximum absolute atomic E-state index is 12.6. The van der Waals surface area contributed by atoms with E-state index in [0.29, 0.717) is 19.0 Å². The fourth-order valence-corrected chi connectivity index (χ4v) is 4.66. The summed E-state index contributed by atoms with van der Waals surface area (Å²) in [7, 11) is 2.01. The zero-order chi connectivity index (χ0) is 21.9. The molecule has 0 atom stereocenters. The largest absolute Gasteiger partial charge is 0.381 e. The van der Waals surface area contributed by atoms with E-state index >= 15 is 0 Å². The first kappa shape index (κ1) is 21.0. The van der Waals surface area contributed by atoms with E-state index in [0.717, 1.165) is 54.5 Å². The van der Waals surface area contributed by atoms with Gasteiger partial charge in [0.2, 0.25) is 5.91 Å². The van der Waals surface area contributed by atoms with Crippen LogP contribution in [-0.4, -0.2) is 56.9 Å². The number of ether oxygens (including phenoxy) is 1. The third-order valence-corrected chi connectivity index (χ3v) is 6.61. The van der Waals surface area contributed by atoms with E-state index in [2.05, 4.69) is 31.3 Å². The third-order valence-electron chi connectivity index (χ3n) is 6.61. The van der Waals surface area contributed by atoms with Gasteiger partial charge >= 0.3 is 0 Å². The SMILES string of the molecule is Cn1ncc(-c2cnc3cnc(NC(=O)C4CCOCC4)cc3c2)c1CN1CCCCC1. The number of aromatic nitrogens is 4. The Morgan fingerprint density at radius 1 is 1.09 bits per heavy atom. The van der Waals surface area contributed by atoms with E-state index in [1.54, 1.807) is 6.20 Å². The van der Waals surface area contributed by atoms with Crippen LogP contribution in [0.5, 0.6) is 0 Å². The lowest BCUT2D eigenvalue weighted by atomic mass is 9.99. The van der Waals surface area contributed by atoms with Crippen molar-refractivity contribution in [3.05, 3.63) is 36.4 Å². The molecule has 3 aromatic heterocycles. The van der Waals surface area contributed by atoms with Crippen LogP contribution in [0.15, 0.2) is 30.7 Å². The molecule has 2 aliphatic heterocycles. The number of hydrogen-bond donors (Lipinski definition) is 1. The molecule has 168 valence electrons. The Morgan fingerprint density at radius 3 is 2.72 bits per heavy atom. The van der Waals surface area contributed by atoms with Gasteiger partial charge in [0.1, 0.15) is 5.82 Å². The van der Waals surface area contributed by atoms with Crippen molar-refractivity contribution in [2.75, 3.05) is 31.6 Å². The number of likely N-dealkylation sites (tertiary alicyclic amines) is 1. The Labute approximate surface area is 188 Å². The van der Waals surface area contributed by atoms with Gasteiger partial charge in [0, 0.05) is 55.4 Å². The number of fused-ring (bicyclic) bond motifs is 1. The van der Waals surface area contributed by atoms with E-state index in [-0.39, 0.29) is 11.8 Å². The third kappa shape index (κ3) is 4.52. The molecule has 0 radical (unpaired) electrons. The molecular weight excluding hydrogens is 404 g/mol. The molecule has 2 aliphatic rings. The van der Waals surface area contributed by atoms with Gasteiger partial charge in [0.15, 0.2) is 0 Å². The summed E-state index contributed by atoms with van der Waals surface area (Å²) in [5.74, 6) is 0.562. The summed E-state index contributed by atoms with van der Waals surface area (Å²) in [6, 6.07) is 4.02. The van der Waals surface area contributed by atoms with Gasteiger partial charge < -0.3 is 10.1 Å². The highest BCUT2D eigenvalue weighted by atomic mass is 16.5. The number of piperidine rings is 1. The fourth-order valence-electron chi connectivity index (χ4n) is 4.66. The number of rotatable bonds is 5. The molecule has 5 heterocycles. The van der Waals surface area contributed by atoms with Crippen LogP contribution >= 0.6 is 0 Å². The number of nitrogens with zero attached hydrogens (tertiary/aromatic N) is 5. The molecule has 8 nitrogen and oxygen atoms in total. The molecule has 5 rings (SSSR count). The van der Waals surface area contributed by atoms with Crippen LogP contribution in [0.1, 0.15) is 37.8 Å². The van der Waals surface area contributed by atoms with Crippen LogP contribution in [0.25, 0.3) is 22.0 Å². The molecular formula is C24H30N6O2. The zero-order valence-electron chi connectivity index (χ0n) is 18.6. The topological polar surface area (TPSA) is 85.2 Å². The number of hydrogen-bond acceptors (Lipinski definition) is 6. The minimum absolute atomic E-state index is 0.0142. The van der Waals surface area contributed by atoms with Gasteiger partial charge in [-0.25, -0.2) is 4.98 Å². The van der Waals surface area contributed by atoms with E-state index in [4.69, 9.17) is 4.74 Å². The maximum atomic E-state index is 12.6. The highest BCUT2D eigenvalue weighted by Crippen LogP contribution is 2.28. The Kier molecular flexibility index (Phi) is 6.14. The monoisotopic (exact) mass is 434 g/mol. The summed E-state index contributed by atoms with van der Waals surface area (Å²) in [6.07, 6.45) is 10.9. The summed E-state index contributed by atoms with van der Waals surface area (Å²) in [4.78, 5) is 24.1. The van der Waals surface area contributed by atoms with E-state index in [9.17, 15) is 4.79 Å². The highest BCUT2D eigenvalue weighted by molar-refractivity contribution is 5.94. The number of carbonyl (C=O) groups is 1. The normalized spacial score (nSPS) is 18.2. The van der Waals surface area contributed by atoms with E-state index < -0.39 is 0 Å². The van der Waals surface area contributed by atoms with Crippen molar-refractivity contribution >= 4 is 22.6 Å². The Hall–Kier alpha value is -2.84. The maximum Gasteiger partial charge on any atom is 0.228 e. The number of carbonyl (C=O) groups excluding carboxylic acids is 1. The second-order valence-corrected chi connectivity index (χ2v) is 8.83. The molecule has 0 aliphatic carbocycles. The average Bonchev–Trinajstić information content (AvgIpc) is 3.19. The zero-order valence-corrected chi connectivity index (χ0v) is 18.6. The average molecular weight is 435 g/mol. The first-order valence-electron chi connectivity index (χ1n) is 11.6. The Bertz CT molecular complexity index is 1100. The van der Waals surface area contributed by atoms with E-state index in [1.165, 1.54) is 25.0 Å². The van der Waals surface area contributed by atoms with Crippen LogP contribution in [0.4, 0.5) is 5.82 Å². The van der Waals surface area contributed by atoms with Crippen molar-refractivity contribution in [3.8, 4) is 11.1 Å². The molecule has 0 spiro atoms. The smallest absolute Gasteiger partial charge is 0.228 e. The molecule has 3 aromatic rings. The lowest BCUT2D eigenvalue weighted by Crippen LogP contribution is -2.30. The van der Waals surface area contributed by atoms with Gasteiger partial charge in [-0.1, -0.05) is 6.42 Å². The summed E-state index contributed by atoms with van der Waals surface area (Å²) in [6.45, 7) is 4.46. The summed E-state index contributed by atoms with van der Waals surface area (Å²) in [5.41, 5.74) is 4.15. The lowest BCUT2D eigenvalue weighted by Gasteiger charge is -2.26. The van der Waals surface area contributed by atoms with Gasteiger partial charge in [-0.05, 0) is 50.9 Å². The molecule has 8 heteroatoms. The molecule has 2 fully saturated rings. The molecule has 0 aromatic carbocycles. The first-order chi connectivity index (χ1) is 15.7. The van der Waals surface area contributed by atoms with E-state index in [1.807, 2.05) is 30.2 Å². The minimum Gasteiger partial charge on any atom is -0.381 e. The number of anilines is 1. The first-order valence-corrected chi connectivity index (χ1v) is 11.6. The van der Waals surface area contributed by atoms with Crippen molar-refractivity contribution < 1.29 is 9.53 Å². The van der Waals surface area contributed by atoms with Crippen molar-refractivity contribution in [1.29, 1.82) is 0 Å². The molecule has 1 N–H and O–H groups in total. The molecule has 0 unspecified atom stereocenters. The van der Waals surface area contributed by atoms with Crippen LogP contribution in [0.3, 0.4) is 0 Å². The van der Waals surface area contributed by atoms with Gasteiger partial charge in [0.05, 0.1) is 23.6 Å². The fraction of sp³-hybridized carbons (Fsp3) is 0.500. The predicted octanol–water partition coefficient (Wildman–Crippen LogP) is 3.38. The second kappa shape index (κ2) is 9.34. The summed E-state index contributed by atoms with van der Waals surface area (Å²) >= 11 is 0. The molecule has 2 saturated heterocycles. The minimum atomic E-state index is -0.0153. The molecule has 1 amide bonds. The number of nitrogens with one attached hydrogen (secondary N) is 1. The number of pyridine rings is 2. The van der Waals surface area contributed by atoms with Crippen LogP contribution in [-0.2, 0) is 23.1 Å². The number of aryl methyl sites for hydroxylation is 1. The quantitative estimate of drug-likeness (QED) is 0.663. The van der Waals surface area contributed by atoms with Crippen LogP contribution in [0, 0.1) is 5.92 Å². The van der Waals surface area contributed by atoms with Crippen LogP contribution in [0.2, 0.25) is 0 Å².